The quantitative estimate of drug-likeness (QED) is 0.679. The van der Waals surface area contributed by atoms with Crippen molar-refractivity contribution in [3.63, 3.8) is 0 Å². The first-order valence-corrected chi connectivity index (χ1v) is 6.47. The van der Waals surface area contributed by atoms with Gasteiger partial charge < -0.3 is 10.0 Å². The smallest absolute Gasteiger partial charge is 0.335 e. The first-order valence-electron chi connectivity index (χ1n) is 6.47. The van der Waals surface area contributed by atoms with Crippen LogP contribution in [0.25, 0.3) is 0 Å². The van der Waals surface area contributed by atoms with E-state index in [2.05, 4.69) is 20.8 Å². The highest BCUT2D eigenvalue weighted by atomic mass is 16.6. The molecule has 0 radical (unpaired) electrons. The maximum atomic E-state index is 11.1. The van der Waals surface area contributed by atoms with E-state index < -0.39 is 10.9 Å². The largest absolute Gasteiger partial charge is 0.478 e. The fraction of sp³-hybridized carbons (Fsp3) is 0.500. The van der Waals surface area contributed by atoms with Crippen LogP contribution in [-0.4, -0.2) is 29.1 Å². The van der Waals surface area contributed by atoms with Crippen LogP contribution in [0.4, 0.5) is 11.4 Å². The molecular formula is C14H18N2O4. The number of aromatic carboxylic acids is 1. The summed E-state index contributed by atoms with van der Waals surface area (Å²) in [5.74, 6) is -0.669. The van der Waals surface area contributed by atoms with Gasteiger partial charge >= 0.3 is 5.97 Å². The number of rotatable bonds is 3. The van der Waals surface area contributed by atoms with Crippen molar-refractivity contribution in [1.29, 1.82) is 0 Å². The van der Waals surface area contributed by atoms with Crippen LogP contribution in [0.1, 0.15) is 31.1 Å². The molecule has 108 valence electrons. The first kappa shape index (κ1) is 14.3. The molecule has 1 heterocycles. The van der Waals surface area contributed by atoms with Crippen LogP contribution in [0.3, 0.4) is 0 Å². The van der Waals surface area contributed by atoms with E-state index in [-0.39, 0.29) is 16.7 Å². The zero-order valence-electron chi connectivity index (χ0n) is 11.8. The lowest BCUT2D eigenvalue weighted by molar-refractivity contribution is -0.384. The van der Waals surface area contributed by atoms with E-state index in [1.165, 1.54) is 12.1 Å². The zero-order valence-corrected chi connectivity index (χ0v) is 11.8. The maximum absolute atomic E-state index is 11.1. The Bertz CT molecular complexity index is 557. The van der Waals surface area contributed by atoms with Crippen LogP contribution in [-0.2, 0) is 0 Å². The molecule has 0 aromatic heterocycles. The third-order valence-electron chi connectivity index (χ3n) is 3.87. The number of carboxylic acid groups (broad SMARTS) is 1. The Morgan fingerprint density at radius 2 is 2.00 bits per heavy atom. The highest BCUT2D eigenvalue weighted by molar-refractivity contribution is 5.90. The van der Waals surface area contributed by atoms with E-state index in [1.807, 2.05) is 4.90 Å². The molecule has 0 bridgehead atoms. The molecule has 0 saturated carbocycles. The lowest BCUT2D eigenvalue weighted by Gasteiger charge is -2.47. The number of nitrogens with zero attached hydrogens (tertiary/aromatic N) is 2. The van der Waals surface area contributed by atoms with Crippen molar-refractivity contribution in [2.75, 3.05) is 18.0 Å². The highest BCUT2D eigenvalue weighted by Crippen LogP contribution is 2.39. The Morgan fingerprint density at radius 1 is 1.40 bits per heavy atom. The molecule has 2 rings (SSSR count). The topological polar surface area (TPSA) is 83.7 Å². The maximum Gasteiger partial charge on any atom is 0.335 e. The van der Waals surface area contributed by atoms with Crippen LogP contribution in [0, 0.1) is 21.4 Å². The van der Waals surface area contributed by atoms with Crippen molar-refractivity contribution in [1.82, 2.24) is 0 Å². The van der Waals surface area contributed by atoms with Gasteiger partial charge in [0, 0.05) is 19.2 Å². The van der Waals surface area contributed by atoms with Crippen LogP contribution in [0.2, 0.25) is 0 Å². The molecule has 1 aliphatic heterocycles. The molecule has 1 aliphatic rings. The van der Waals surface area contributed by atoms with Crippen LogP contribution in [0.5, 0.6) is 0 Å². The summed E-state index contributed by atoms with van der Waals surface area (Å²) >= 11 is 0. The third kappa shape index (κ3) is 2.59. The second kappa shape index (κ2) is 4.77. The molecule has 1 aromatic carbocycles. The minimum absolute atomic E-state index is 0.0617. The normalized spacial score (nSPS) is 15.8. The molecule has 1 aromatic rings. The SMILES string of the molecule is CC(C)(C)C1CN(c2ccc(C(=O)O)cc2[N+](=O)[O-])C1. The van der Waals surface area contributed by atoms with Crippen LogP contribution >= 0.6 is 0 Å². The van der Waals surface area contributed by atoms with Crippen molar-refractivity contribution >= 4 is 17.3 Å². The van der Waals surface area contributed by atoms with E-state index >= 15 is 0 Å². The van der Waals surface area contributed by atoms with Crippen molar-refractivity contribution in [3.05, 3.63) is 33.9 Å². The molecule has 6 heteroatoms. The van der Waals surface area contributed by atoms with Gasteiger partial charge in [-0.2, -0.15) is 0 Å². The number of nitro benzene ring substituents is 1. The van der Waals surface area contributed by atoms with Gasteiger partial charge in [-0.3, -0.25) is 10.1 Å². The summed E-state index contributed by atoms with van der Waals surface area (Å²) in [6.45, 7) is 7.97. The summed E-state index contributed by atoms with van der Waals surface area (Å²) in [7, 11) is 0. The average molecular weight is 278 g/mol. The van der Waals surface area contributed by atoms with E-state index in [0.717, 1.165) is 19.2 Å². The number of hydrogen-bond acceptors (Lipinski definition) is 4. The fourth-order valence-corrected chi connectivity index (χ4v) is 2.29. The molecule has 0 unspecified atom stereocenters. The van der Waals surface area contributed by atoms with Gasteiger partial charge in [-0.05, 0) is 23.5 Å². The van der Waals surface area contributed by atoms with E-state index in [4.69, 9.17) is 5.11 Å². The predicted octanol–water partition coefficient (Wildman–Crippen LogP) is 2.78. The minimum atomic E-state index is -1.16. The van der Waals surface area contributed by atoms with Crippen molar-refractivity contribution in [2.45, 2.75) is 20.8 Å². The Hall–Kier alpha value is -2.11. The molecule has 0 atom stereocenters. The average Bonchev–Trinajstić information content (AvgIpc) is 2.24. The number of anilines is 1. The van der Waals surface area contributed by atoms with Gasteiger partial charge in [0.15, 0.2) is 0 Å². The highest BCUT2D eigenvalue weighted by Gasteiger charge is 2.38. The van der Waals surface area contributed by atoms with E-state index in [0.29, 0.717) is 11.6 Å². The second-order valence-electron chi connectivity index (χ2n) is 6.23. The summed E-state index contributed by atoms with van der Waals surface area (Å²) in [5, 5.41) is 20.0. The Balaban J connectivity index is 2.26. The summed E-state index contributed by atoms with van der Waals surface area (Å²) in [6.07, 6.45) is 0. The van der Waals surface area contributed by atoms with Gasteiger partial charge in [-0.25, -0.2) is 4.79 Å². The summed E-state index contributed by atoms with van der Waals surface area (Å²) < 4.78 is 0. The monoisotopic (exact) mass is 278 g/mol. The number of benzene rings is 1. The number of hydrogen-bond donors (Lipinski definition) is 1. The molecule has 0 amide bonds. The zero-order chi connectivity index (χ0) is 15.1. The molecule has 0 spiro atoms. The summed E-state index contributed by atoms with van der Waals surface area (Å²) in [6, 6.07) is 4.07. The summed E-state index contributed by atoms with van der Waals surface area (Å²) in [5.41, 5.74) is 0.470. The van der Waals surface area contributed by atoms with Crippen molar-refractivity contribution in [3.8, 4) is 0 Å². The Kier molecular flexibility index (Phi) is 3.41. The number of carboxylic acids is 1. The molecule has 20 heavy (non-hydrogen) atoms. The third-order valence-corrected chi connectivity index (χ3v) is 3.87. The molecule has 0 aliphatic carbocycles. The Morgan fingerprint density at radius 3 is 2.45 bits per heavy atom. The number of nitro groups is 1. The molecule has 1 saturated heterocycles. The van der Waals surface area contributed by atoms with Crippen molar-refractivity contribution < 1.29 is 14.8 Å². The number of carbonyl (C=O) groups is 1. The van der Waals surface area contributed by atoms with Gasteiger partial charge in [-0.15, -0.1) is 0 Å². The summed E-state index contributed by atoms with van der Waals surface area (Å²) in [4.78, 5) is 23.4. The van der Waals surface area contributed by atoms with Gasteiger partial charge in [0.25, 0.3) is 5.69 Å². The van der Waals surface area contributed by atoms with Crippen LogP contribution < -0.4 is 4.90 Å². The standard InChI is InChI=1S/C14H18N2O4/c1-14(2,3)10-7-15(8-10)11-5-4-9(13(17)18)6-12(11)16(19)20/h4-6,10H,7-8H2,1-3H3,(H,17,18). The second-order valence-corrected chi connectivity index (χ2v) is 6.23. The lowest BCUT2D eigenvalue weighted by Crippen LogP contribution is -2.52. The molecule has 1 N–H and O–H groups in total. The van der Waals surface area contributed by atoms with Crippen molar-refractivity contribution in [2.24, 2.45) is 11.3 Å². The molecule has 1 fully saturated rings. The van der Waals surface area contributed by atoms with E-state index in [1.54, 1.807) is 0 Å². The van der Waals surface area contributed by atoms with Gasteiger partial charge in [0.1, 0.15) is 5.69 Å². The minimum Gasteiger partial charge on any atom is -0.478 e. The first-order chi connectivity index (χ1) is 9.20. The van der Waals surface area contributed by atoms with E-state index in [9.17, 15) is 14.9 Å². The van der Waals surface area contributed by atoms with Gasteiger partial charge in [0.05, 0.1) is 10.5 Å². The molecule has 6 nitrogen and oxygen atoms in total. The lowest BCUT2D eigenvalue weighted by atomic mass is 9.76. The molecular weight excluding hydrogens is 260 g/mol. The Labute approximate surface area is 117 Å². The predicted molar refractivity (Wildman–Crippen MR) is 75.2 cm³/mol. The fourth-order valence-electron chi connectivity index (χ4n) is 2.29. The van der Waals surface area contributed by atoms with Gasteiger partial charge in [0.2, 0.25) is 0 Å². The van der Waals surface area contributed by atoms with Gasteiger partial charge in [-0.1, -0.05) is 20.8 Å². The van der Waals surface area contributed by atoms with Crippen LogP contribution in [0.15, 0.2) is 18.2 Å².